The number of fused-ring (bicyclic) bond motifs is 2. The predicted molar refractivity (Wildman–Crippen MR) is 170 cm³/mol. The van der Waals surface area contributed by atoms with Crippen molar-refractivity contribution in [3.63, 3.8) is 0 Å². The first-order chi connectivity index (χ1) is 21.9. The van der Waals surface area contributed by atoms with Gasteiger partial charge in [0, 0.05) is 59.4 Å². The predicted octanol–water partition coefficient (Wildman–Crippen LogP) is 5.98. The van der Waals surface area contributed by atoms with Gasteiger partial charge in [-0.2, -0.15) is 5.26 Å². The Hall–Kier alpha value is -4.11. The number of carbonyl (C=O) groups excluding carboxylic acids is 2. The highest BCUT2D eigenvalue weighted by Gasteiger charge is 2.42. The first kappa shape index (κ1) is 29.6. The summed E-state index contributed by atoms with van der Waals surface area (Å²) >= 11 is 8.08. The molecule has 0 spiro atoms. The zero-order valence-corrected chi connectivity index (χ0v) is 26.0. The van der Waals surface area contributed by atoms with Gasteiger partial charge in [-0.1, -0.05) is 35.9 Å². The normalized spacial score (nSPS) is 18.9. The van der Waals surface area contributed by atoms with Crippen molar-refractivity contribution in [2.45, 2.75) is 56.9 Å². The van der Waals surface area contributed by atoms with E-state index in [1.165, 1.54) is 28.1 Å². The van der Waals surface area contributed by atoms with Crippen molar-refractivity contribution in [1.29, 1.82) is 5.26 Å². The zero-order valence-electron chi connectivity index (χ0n) is 24.5. The summed E-state index contributed by atoms with van der Waals surface area (Å²) in [5, 5.41) is 14.3. The molecule has 2 aromatic heterocycles. The molecule has 1 unspecified atom stereocenters. The van der Waals surface area contributed by atoms with Gasteiger partial charge in [-0.3, -0.25) is 14.9 Å². The fourth-order valence-corrected chi connectivity index (χ4v) is 7.61. The quantitative estimate of drug-likeness (QED) is 0.253. The number of aromatic nitrogens is 3. The first-order valence-corrected chi connectivity index (χ1v) is 16.4. The summed E-state index contributed by atoms with van der Waals surface area (Å²) in [5.41, 5.74) is 5.12. The van der Waals surface area contributed by atoms with Crippen molar-refractivity contribution >= 4 is 39.9 Å². The van der Waals surface area contributed by atoms with Crippen molar-refractivity contribution in [3.8, 4) is 17.2 Å². The number of amides is 2. The Morgan fingerprint density at radius 3 is 2.71 bits per heavy atom. The highest BCUT2D eigenvalue weighted by atomic mass is 35.5. The average Bonchev–Trinajstić information content (AvgIpc) is 3.84. The van der Waals surface area contributed by atoms with Crippen LogP contribution in [0.25, 0.3) is 11.1 Å². The number of thiazole rings is 1. The number of benzene rings is 2. The van der Waals surface area contributed by atoms with Crippen molar-refractivity contribution < 1.29 is 14.0 Å². The lowest BCUT2D eigenvalue weighted by Gasteiger charge is -2.31. The van der Waals surface area contributed by atoms with Crippen LogP contribution in [0.15, 0.2) is 54.3 Å². The lowest BCUT2D eigenvalue weighted by molar-refractivity contribution is -0.121. The number of hydrogen-bond donors (Lipinski definition) is 1. The van der Waals surface area contributed by atoms with Crippen LogP contribution in [0.3, 0.4) is 0 Å². The van der Waals surface area contributed by atoms with Crippen molar-refractivity contribution in [2.24, 2.45) is 0 Å². The van der Waals surface area contributed by atoms with Crippen molar-refractivity contribution in [3.05, 3.63) is 87.4 Å². The van der Waals surface area contributed by atoms with Crippen LogP contribution in [0.2, 0.25) is 5.02 Å². The molecule has 0 saturated carbocycles. The van der Waals surface area contributed by atoms with Gasteiger partial charge in [0.05, 0.1) is 24.6 Å². The standard InChI is InChI=1S/C33H31ClFN7O2S/c34-27-15-23(21-4-2-20(3-5-21)22-6-11-40(12-7-22)10-1-8-36)14-25-26(27)18-42(32(25)44)30(31(43)39-33-37-9-13-45-33)29-28-16-24(35)17-41(28)19-38-29/h2-5,9,13-15,19,22,24,30H,1,6-7,10-12,16-18H2,(H,37,39,43)/t24-,30?/m1/s1. The van der Waals surface area contributed by atoms with Gasteiger partial charge < -0.3 is 14.4 Å². The highest BCUT2D eigenvalue weighted by Crippen LogP contribution is 2.40. The van der Waals surface area contributed by atoms with Crippen LogP contribution in [0.1, 0.15) is 64.1 Å². The lowest BCUT2D eigenvalue weighted by atomic mass is 9.88. The smallest absolute Gasteiger partial charge is 0.255 e. The van der Waals surface area contributed by atoms with Gasteiger partial charge in [-0.05, 0) is 60.7 Å². The van der Waals surface area contributed by atoms with Gasteiger partial charge in [0.25, 0.3) is 11.8 Å². The van der Waals surface area contributed by atoms with E-state index in [2.05, 4.69) is 50.5 Å². The number of alkyl halides is 1. The number of nitriles is 1. The Morgan fingerprint density at radius 2 is 1.98 bits per heavy atom. The molecular weight excluding hydrogens is 613 g/mol. The Kier molecular flexibility index (Phi) is 8.12. The number of halogens is 2. The zero-order chi connectivity index (χ0) is 31.1. The van der Waals surface area contributed by atoms with Gasteiger partial charge in [0.2, 0.25) is 0 Å². The molecule has 5 heterocycles. The maximum absolute atomic E-state index is 14.3. The second-order valence-corrected chi connectivity index (χ2v) is 13.1. The maximum Gasteiger partial charge on any atom is 0.255 e. The Morgan fingerprint density at radius 1 is 1.18 bits per heavy atom. The van der Waals surface area contributed by atoms with E-state index in [0.29, 0.717) is 45.0 Å². The van der Waals surface area contributed by atoms with E-state index >= 15 is 0 Å². The van der Waals surface area contributed by atoms with Crippen LogP contribution in [-0.2, 0) is 24.3 Å². The molecule has 1 N–H and O–H groups in total. The Balaban J connectivity index is 1.14. The number of imidazole rings is 1. The molecule has 1 saturated heterocycles. The molecule has 3 aliphatic rings. The van der Waals surface area contributed by atoms with Crippen LogP contribution in [0.5, 0.6) is 0 Å². The molecule has 2 aromatic carbocycles. The summed E-state index contributed by atoms with van der Waals surface area (Å²) in [5.74, 6) is -0.317. The summed E-state index contributed by atoms with van der Waals surface area (Å²) in [6.45, 7) is 3.11. The number of nitrogens with zero attached hydrogens (tertiary/aromatic N) is 6. The summed E-state index contributed by atoms with van der Waals surface area (Å²) in [6, 6.07) is 13.3. The Labute approximate surface area is 269 Å². The van der Waals surface area contributed by atoms with Gasteiger partial charge in [0.1, 0.15) is 6.17 Å². The topological polar surface area (TPSA) is 107 Å². The molecule has 12 heteroatoms. The van der Waals surface area contributed by atoms with E-state index in [1.54, 1.807) is 16.1 Å². The third-order valence-corrected chi connectivity index (χ3v) is 10.2. The minimum absolute atomic E-state index is 0.126. The molecule has 230 valence electrons. The van der Waals surface area contributed by atoms with E-state index in [9.17, 15) is 14.0 Å². The van der Waals surface area contributed by atoms with Crippen molar-refractivity contribution in [2.75, 3.05) is 25.0 Å². The third kappa shape index (κ3) is 5.74. The van der Waals surface area contributed by atoms with E-state index in [4.69, 9.17) is 16.9 Å². The lowest BCUT2D eigenvalue weighted by Crippen LogP contribution is -2.38. The molecule has 1 fully saturated rings. The second-order valence-electron chi connectivity index (χ2n) is 11.8. The maximum atomic E-state index is 14.3. The van der Waals surface area contributed by atoms with Crippen LogP contribution >= 0.6 is 22.9 Å². The van der Waals surface area contributed by atoms with Gasteiger partial charge in [-0.25, -0.2) is 14.4 Å². The van der Waals surface area contributed by atoms with E-state index in [1.807, 2.05) is 12.1 Å². The molecule has 0 radical (unpaired) electrons. The van der Waals surface area contributed by atoms with E-state index in [-0.39, 0.29) is 25.4 Å². The minimum Gasteiger partial charge on any atom is -0.331 e. The third-order valence-electron chi connectivity index (χ3n) is 9.13. The van der Waals surface area contributed by atoms with E-state index < -0.39 is 18.1 Å². The number of likely N-dealkylation sites (tertiary alicyclic amines) is 1. The largest absolute Gasteiger partial charge is 0.331 e. The summed E-state index contributed by atoms with van der Waals surface area (Å²) in [7, 11) is 0. The van der Waals surface area contributed by atoms with Crippen LogP contribution in [0, 0.1) is 11.3 Å². The van der Waals surface area contributed by atoms with Crippen LogP contribution in [0.4, 0.5) is 9.52 Å². The van der Waals surface area contributed by atoms with Crippen LogP contribution < -0.4 is 5.32 Å². The molecule has 0 bridgehead atoms. The number of rotatable bonds is 8. The van der Waals surface area contributed by atoms with Crippen molar-refractivity contribution in [1.82, 2.24) is 24.3 Å². The number of nitrogens with one attached hydrogen (secondary N) is 1. The van der Waals surface area contributed by atoms with Gasteiger partial charge in [-0.15, -0.1) is 11.3 Å². The fraction of sp³-hybridized carbons (Fsp3) is 0.364. The van der Waals surface area contributed by atoms with Crippen LogP contribution in [-0.4, -0.2) is 62.0 Å². The monoisotopic (exact) mass is 643 g/mol. The Bertz CT molecular complexity index is 1780. The molecule has 4 aromatic rings. The number of carbonyl (C=O) groups is 2. The fourth-order valence-electron chi connectivity index (χ4n) is 6.80. The first-order valence-electron chi connectivity index (χ1n) is 15.1. The summed E-state index contributed by atoms with van der Waals surface area (Å²) in [4.78, 5) is 40.3. The molecule has 2 amide bonds. The molecule has 7 rings (SSSR count). The minimum atomic E-state index is -1.08. The second kappa shape index (κ2) is 12.4. The van der Waals surface area contributed by atoms with E-state index in [0.717, 1.165) is 43.6 Å². The molecule has 9 nitrogen and oxygen atoms in total. The number of piperidine rings is 1. The molecule has 0 aliphatic carbocycles. The molecular formula is C33H31ClFN7O2S. The molecule has 45 heavy (non-hydrogen) atoms. The average molecular weight is 644 g/mol. The van der Waals surface area contributed by atoms with Gasteiger partial charge in [0.15, 0.2) is 11.2 Å². The summed E-state index contributed by atoms with van der Waals surface area (Å²) in [6.07, 6.45) is 4.87. The number of hydrogen-bond acceptors (Lipinski definition) is 7. The highest BCUT2D eigenvalue weighted by molar-refractivity contribution is 7.13. The number of anilines is 1. The van der Waals surface area contributed by atoms with Gasteiger partial charge >= 0.3 is 0 Å². The summed E-state index contributed by atoms with van der Waals surface area (Å²) < 4.78 is 16.1. The molecule has 2 atom stereocenters. The molecule has 3 aliphatic heterocycles. The SMILES string of the molecule is N#CCCN1CCC(c2ccc(-c3cc(Cl)c4c(c3)C(=O)N(C(C(=O)Nc3nccs3)c3ncn5c3C[C@@H](F)C5)C4)cc2)CC1.